The summed E-state index contributed by atoms with van der Waals surface area (Å²) in [5, 5.41) is 5.76. The van der Waals surface area contributed by atoms with E-state index in [2.05, 4.69) is 24.5 Å². The van der Waals surface area contributed by atoms with Crippen LogP contribution in [0, 0.1) is 0 Å². The van der Waals surface area contributed by atoms with Crippen molar-refractivity contribution < 1.29 is 27.3 Å². The Balaban J connectivity index is 1.76. The Labute approximate surface area is 131 Å². The summed E-state index contributed by atoms with van der Waals surface area (Å²) in [6.45, 7) is -1.16. The van der Waals surface area contributed by atoms with Gasteiger partial charge in [0.2, 0.25) is 10.0 Å². The number of rotatable bonds is 7. The molecule has 0 aliphatic rings. The van der Waals surface area contributed by atoms with Crippen molar-refractivity contribution in [3.63, 3.8) is 0 Å². The highest BCUT2D eigenvalue weighted by atomic mass is 32.2. The van der Waals surface area contributed by atoms with Crippen LogP contribution in [0.5, 0.6) is 0 Å². The molecule has 0 radical (unpaired) electrons. The van der Waals surface area contributed by atoms with Crippen molar-refractivity contribution in [2.45, 2.75) is 4.90 Å². The van der Waals surface area contributed by atoms with Crippen molar-refractivity contribution in [3.8, 4) is 0 Å². The molecule has 2 N–H and O–H groups in total. The van der Waals surface area contributed by atoms with Gasteiger partial charge in [-0.05, 0) is 12.1 Å². The van der Waals surface area contributed by atoms with E-state index in [9.17, 15) is 18.0 Å². The van der Waals surface area contributed by atoms with Crippen LogP contribution >= 0.6 is 0 Å². The molecule has 2 aromatic rings. The van der Waals surface area contributed by atoms with Gasteiger partial charge in [-0.15, -0.1) is 0 Å². The van der Waals surface area contributed by atoms with Crippen LogP contribution in [-0.4, -0.2) is 38.6 Å². The minimum atomic E-state index is -3.81. The lowest BCUT2D eigenvalue weighted by atomic mass is 10.4. The number of hydrogen-bond donors (Lipinski definition) is 2. The lowest BCUT2D eigenvalue weighted by Crippen LogP contribution is -2.32. The van der Waals surface area contributed by atoms with Gasteiger partial charge in [0.05, 0.1) is 4.90 Å². The zero-order valence-electron chi connectivity index (χ0n) is 11.8. The second-order valence-electron chi connectivity index (χ2n) is 4.23. The van der Waals surface area contributed by atoms with Gasteiger partial charge < -0.3 is 14.6 Å². The summed E-state index contributed by atoms with van der Waals surface area (Å²) in [7, 11) is -3.81. The number of aromatic nitrogens is 1. The molecule has 1 heterocycles. The minimum Gasteiger partial charge on any atom is -0.455 e. The summed E-state index contributed by atoms with van der Waals surface area (Å²) in [6, 6.07) is 8.97. The molecule has 0 spiro atoms. The summed E-state index contributed by atoms with van der Waals surface area (Å²) in [5.41, 5.74) is 0. The number of nitrogens with zero attached hydrogens (tertiary/aromatic N) is 1. The molecule has 0 aliphatic carbocycles. The van der Waals surface area contributed by atoms with Gasteiger partial charge in [-0.3, -0.25) is 9.59 Å². The van der Waals surface area contributed by atoms with Crippen molar-refractivity contribution in [3.05, 3.63) is 42.7 Å². The Kier molecular flexibility index (Phi) is 5.44. The van der Waals surface area contributed by atoms with E-state index in [4.69, 9.17) is 0 Å². The average Bonchev–Trinajstić information content (AvgIpc) is 3.05. The van der Waals surface area contributed by atoms with Gasteiger partial charge >= 0.3 is 5.97 Å². The van der Waals surface area contributed by atoms with Gasteiger partial charge in [-0.1, -0.05) is 23.4 Å². The molecule has 23 heavy (non-hydrogen) atoms. The second-order valence-corrected chi connectivity index (χ2v) is 6.00. The molecule has 9 nitrogen and oxygen atoms in total. The molecular weight excluding hydrogens is 326 g/mol. The van der Waals surface area contributed by atoms with E-state index in [0.717, 1.165) is 0 Å². The number of benzene rings is 1. The number of anilines is 1. The van der Waals surface area contributed by atoms with Crippen molar-refractivity contribution in [2.24, 2.45) is 0 Å². The quantitative estimate of drug-likeness (QED) is 0.686. The molecule has 0 unspecified atom stereocenters. The summed E-state index contributed by atoms with van der Waals surface area (Å²) in [5.74, 6) is -1.34. The molecule has 0 fully saturated rings. The van der Waals surface area contributed by atoms with Crippen LogP contribution in [0.1, 0.15) is 0 Å². The molecule has 1 amide bonds. The van der Waals surface area contributed by atoms with Gasteiger partial charge in [-0.2, -0.15) is 4.72 Å². The summed E-state index contributed by atoms with van der Waals surface area (Å²) < 4.78 is 35.0. The fourth-order valence-electron chi connectivity index (χ4n) is 1.49. The molecule has 0 bridgehead atoms. The largest absolute Gasteiger partial charge is 0.455 e. The molecule has 2 rings (SSSR count). The van der Waals surface area contributed by atoms with Crippen LogP contribution in [0.4, 0.5) is 5.82 Å². The number of nitrogens with one attached hydrogen (secondary N) is 2. The zero-order valence-corrected chi connectivity index (χ0v) is 12.6. The van der Waals surface area contributed by atoms with Gasteiger partial charge in [-0.25, -0.2) is 8.42 Å². The Morgan fingerprint density at radius 1 is 1.17 bits per heavy atom. The van der Waals surface area contributed by atoms with E-state index in [1.54, 1.807) is 18.2 Å². The van der Waals surface area contributed by atoms with Gasteiger partial charge in [0.1, 0.15) is 12.8 Å². The average molecular weight is 339 g/mol. The lowest BCUT2D eigenvalue weighted by Gasteiger charge is -2.07. The van der Waals surface area contributed by atoms with Gasteiger partial charge in [0.15, 0.2) is 12.4 Å². The molecule has 1 aromatic carbocycles. The molecule has 122 valence electrons. The van der Waals surface area contributed by atoms with Crippen molar-refractivity contribution in [1.82, 2.24) is 9.88 Å². The van der Waals surface area contributed by atoms with E-state index >= 15 is 0 Å². The van der Waals surface area contributed by atoms with E-state index < -0.39 is 35.1 Å². The maximum atomic E-state index is 11.9. The smallest absolute Gasteiger partial charge is 0.321 e. The first-order valence-corrected chi connectivity index (χ1v) is 7.86. The van der Waals surface area contributed by atoms with Crippen LogP contribution in [0.3, 0.4) is 0 Å². The van der Waals surface area contributed by atoms with Gasteiger partial charge in [0.25, 0.3) is 5.91 Å². The van der Waals surface area contributed by atoms with E-state index in [0.29, 0.717) is 0 Å². The van der Waals surface area contributed by atoms with Crippen LogP contribution in [0.15, 0.2) is 52.1 Å². The summed E-state index contributed by atoms with van der Waals surface area (Å²) in [6.07, 6.45) is 1.26. The monoisotopic (exact) mass is 339 g/mol. The maximum absolute atomic E-state index is 11.9. The maximum Gasteiger partial charge on any atom is 0.321 e. The Bertz CT molecular complexity index is 758. The van der Waals surface area contributed by atoms with Crippen LogP contribution in [0.2, 0.25) is 0 Å². The third-order valence-electron chi connectivity index (χ3n) is 2.53. The lowest BCUT2D eigenvalue weighted by molar-refractivity contribution is -0.146. The topological polar surface area (TPSA) is 128 Å². The summed E-state index contributed by atoms with van der Waals surface area (Å²) in [4.78, 5) is 22.9. The molecule has 1 aromatic heterocycles. The zero-order chi connectivity index (χ0) is 16.7. The van der Waals surface area contributed by atoms with E-state index in [1.165, 1.54) is 24.5 Å². The predicted octanol–water partition coefficient (Wildman–Crippen LogP) is 0.135. The first-order valence-electron chi connectivity index (χ1n) is 6.38. The molecular formula is C13H13N3O6S. The first-order chi connectivity index (χ1) is 11.0. The first kappa shape index (κ1) is 16.6. The van der Waals surface area contributed by atoms with E-state index in [-0.39, 0.29) is 10.7 Å². The Morgan fingerprint density at radius 3 is 2.57 bits per heavy atom. The fraction of sp³-hybridized carbons (Fsp3) is 0.154. The van der Waals surface area contributed by atoms with E-state index in [1.807, 2.05) is 0 Å². The highest BCUT2D eigenvalue weighted by molar-refractivity contribution is 7.89. The van der Waals surface area contributed by atoms with Crippen molar-refractivity contribution >= 4 is 27.7 Å². The van der Waals surface area contributed by atoms with Crippen LogP contribution in [-0.2, 0) is 24.3 Å². The minimum absolute atomic E-state index is 0.0246. The molecule has 0 saturated heterocycles. The molecule has 0 aliphatic heterocycles. The highest BCUT2D eigenvalue weighted by Gasteiger charge is 2.16. The Hall–Kier alpha value is -2.72. The SMILES string of the molecule is O=C(COC(=O)CNS(=O)(=O)c1ccccc1)Nc1ccon1. The number of carbonyl (C=O) groups excluding carboxylic acids is 2. The number of esters is 1. The Morgan fingerprint density at radius 2 is 1.91 bits per heavy atom. The standard InChI is InChI=1S/C13H13N3O6S/c17-12(15-11-6-7-22-16-11)9-21-13(18)8-14-23(19,20)10-4-2-1-3-5-10/h1-7,14H,8-9H2,(H,15,16,17). The number of sulfonamides is 1. The third kappa shape index (κ3) is 5.20. The predicted molar refractivity (Wildman–Crippen MR) is 77.7 cm³/mol. The molecule has 0 atom stereocenters. The fourth-order valence-corrected chi connectivity index (χ4v) is 2.48. The summed E-state index contributed by atoms with van der Waals surface area (Å²) >= 11 is 0. The third-order valence-corrected chi connectivity index (χ3v) is 3.95. The molecule has 10 heteroatoms. The number of hydrogen-bond acceptors (Lipinski definition) is 7. The molecule has 0 saturated carbocycles. The number of amides is 1. The number of ether oxygens (including phenoxy) is 1. The van der Waals surface area contributed by atoms with Crippen molar-refractivity contribution in [2.75, 3.05) is 18.5 Å². The second kappa shape index (κ2) is 7.51. The van der Waals surface area contributed by atoms with Crippen LogP contribution in [0.25, 0.3) is 0 Å². The normalized spacial score (nSPS) is 11.0. The highest BCUT2D eigenvalue weighted by Crippen LogP contribution is 2.06. The van der Waals surface area contributed by atoms with Crippen LogP contribution < -0.4 is 10.0 Å². The van der Waals surface area contributed by atoms with Gasteiger partial charge in [0, 0.05) is 6.07 Å². The van der Waals surface area contributed by atoms with Crippen molar-refractivity contribution in [1.29, 1.82) is 0 Å². The number of carbonyl (C=O) groups is 2.